The molecule has 1 heterocycles. The first kappa shape index (κ1) is 14.6. The smallest absolute Gasteiger partial charge is 0.272 e. The van der Waals surface area contributed by atoms with Gasteiger partial charge in [-0.05, 0) is 25.0 Å². The first-order valence-electron chi connectivity index (χ1n) is 6.54. The molecule has 0 N–H and O–H groups in total. The van der Waals surface area contributed by atoms with Gasteiger partial charge in [0.1, 0.15) is 5.69 Å². The van der Waals surface area contributed by atoms with E-state index in [1.165, 1.54) is 12.1 Å². The number of hydrogen-bond acceptors (Lipinski definition) is 2. The van der Waals surface area contributed by atoms with E-state index in [1.807, 2.05) is 6.92 Å². The molecule has 4 heteroatoms. The average molecular weight is 252 g/mol. The number of pyridine rings is 1. The van der Waals surface area contributed by atoms with Crippen LogP contribution in [0.4, 0.5) is 4.39 Å². The van der Waals surface area contributed by atoms with Crippen molar-refractivity contribution >= 4 is 5.91 Å². The van der Waals surface area contributed by atoms with E-state index in [9.17, 15) is 9.18 Å². The minimum Gasteiger partial charge on any atom is -0.337 e. The third kappa shape index (κ3) is 3.79. The summed E-state index contributed by atoms with van der Waals surface area (Å²) >= 11 is 0. The largest absolute Gasteiger partial charge is 0.337 e. The molecule has 0 aromatic carbocycles. The molecule has 0 atom stereocenters. The predicted octanol–water partition coefficient (Wildman–Crippen LogP) is 3.12. The molecule has 1 amide bonds. The summed E-state index contributed by atoms with van der Waals surface area (Å²) in [5, 5.41) is 0. The normalized spacial score (nSPS) is 10.7. The van der Waals surface area contributed by atoms with Crippen LogP contribution in [0.25, 0.3) is 0 Å². The Morgan fingerprint density at radius 3 is 2.50 bits per heavy atom. The molecule has 0 fully saturated rings. The van der Waals surface area contributed by atoms with Gasteiger partial charge in [0.15, 0.2) is 0 Å². The molecule has 0 aliphatic heterocycles. The molecular weight excluding hydrogens is 231 g/mol. The number of aromatic nitrogens is 1. The van der Waals surface area contributed by atoms with Crippen LogP contribution in [0.2, 0.25) is 0 Å². The minimum atomic E-state index is -0.612. The van der Waals surface area contributed by atoms with Gasteiger partial charge in [-0.15, -0.1) is 0 Å². The van der Waals surface area contributed by atoms with Crippen LogP contribution in [-0.4, -0.2) is 28.9 Å². The van der Waals surface area contributed by atoms with Crippen LogP contribution in [0.15, 0.2) is 18.2 Å². The average Bonchev–Trinajstić information content (AvgIpc) is 2.39. The topological polar surface area (TPSA) is 33.2 Å². The van der Waals surface area contributed by atoms with Crippen molar-refractivity contribution in [2.24, 2.45) is 5.92 Å². The molecule has 0 radical (unpaired) electrons. The summed E-state index contributed by atoms with van der Waals surface area (Å²) in [6.45, 7) is 7.49. The summed E-state index contributed by atoms with van der Waals surface area (Å²) in [7, 11) is 0. The van der Waals surface area contributed by atoms with Gasteiger partial charge >= 0.3 is 0 Å². The lowest BCUT2D eigenvalue weighted by molar-refractivity contribution is 0.0727. The lowest BCUT2D eigenvalue weighted by atomic mass is 10.0. The maximum atomic E-state index is 13.0. The maximum absolute atomic E-state index is 13.0. The highest BCUT2D eigenvalue weighted by molar-refractivity contribution is 5.92. The minimum absolute atomic E-state index is 0.183. The van der Waals surface area contributed by atoms with Crippen LogP contribution < -0.4 is 0 Å². The van der Waals surface area contributed by atoms with Gasteiger partial charge in [-0.25, -0.2) is 4.98 Å². The van der Waals surface area contributed by atoms with Gasteiger partial charge in [-0.2, -0.15) is 4.39 Å². The molecule has 3 nitrogen and oxygen atoms in total. The Morgan fingerprint density at radius 2 is 2.00 bits per heavy atom. The molecule has 0 saturated heterocycles. The van der Waals surface area contributed by atoms with Crippen LogP contribution in [0, 0.1) is 11.9 Å². The van der Waals surface area contributed by atoms with Gasteiger partial charge < -0.3 is 4.90 Å². The van der Waals surface area contributed by atoms with E-state index in [0.29, 0.717) is 19.0 Å². The zero-order valence-electron chi connectivity index (χ0n) is 11.3. The van der Waals surface area contributed by atoms with Crippen molar-refractivity contribution in [3.63, 3.8) is 0 Å². The van der Waals surface area contributed by atoms with Gasteiger partial charge in [0.2, 0.25) is 5.95 Å². The molecule has 0 saturated carbocycles. The van der Waals surface area contributed by atoms with Crippen molar-refractivity contribution in [1.82, 2.24) is 9.88 Å². The van der Waals surface area contributed by atoms with Crippen LogP contribution in [0.1, 0.15) is 44.1 Å². The molecule has 0 spiro atoms. The second-order valence-electron chi connectivity index (χ2n) is 4.37. The van der Waals surface area contributed by atoms with Gasteiger partial charge in [0.05, 0.1) is 0 Å². The standard InChI is InChI=1S/C14H21FN2O/c1-4-11(5-2)10-17(6-3)14(18)12-8-7-9-13(15)16-12/h7-9,11H,4-6,10H2,1-3H3. The van der Waals surface area contributed by atoms with E-state index in [2.05, 4.69) is 18.8 Å². The third-order valence-corrected chi connectivity index (χ3v) is 3.24. The fourth-order valence-electron chi connectivity index (χ4n) is 1.90. The summed E-state index contributed by atoms with van der Waals surface area (Å²) in [5.41, 5.74) is 0.183. The number of carbonyl (C=O) groups is 1. The molecule has 18 heavy (non-hydrogen) atoms. The number of nitrogens with zero attached hydrogens (tertiary/aromatic N) is 2. The Bertz CT molecular complexity index is 391. The van der Waals surface area contributed by atoms with Crippen molar-refractivity contribution in [3.8, 4) is 0 Å². The Morgan fingerprint density at radius 1 is 1.33 bits per heavy atom. The highest BCUT2D eigenvalue weighted by Crippen LogP contribution is 2.12. The summed E-state index contributed by atoms with van der Waals surface area (Å²) < 4.78 is 13.0. The maximum Gasteiger partial charge on any atom is 0.272 e. The zero-order chi connectivity index (χ0) is 13.5. The van der Waals surface area contributed by atoms with Crippen molar-refractivity contribution in [2.75, 3.05) is 13.1 Å². The number of amides is 1. The highest BCUT2D eigenvalue weighted by atomic mass is 19.1. The second-order valence-corrected chi connectivity index (χ2v) is 4.37. The van der Waals surface area contributed by atoms with Crippen LogP contribution in [-0.2, 0) is 0 Å². The molecule has 100 valence electrons. The van der Waals surface area contributed by atoms with Gasteiger partial charge in [-0.3, -0.25) is 4.79 Å². The molecule has 1 aromatic heterocycles. The van der Waals surface area contributed by atoms with E-state index in [0.717, 1.165) is 12.8 Å². The van der Waals surface area contributed by atoms with Crippen LogP contribution >= 0.6 is 0 Å². The van der Waals surface area contributed by atoms with E-state index in [-0.39, 0.29) is 11.6 Å². The second kappa shape index (κ2) is 7.09. The lowest BCUT2D eigenvalue weighted by Gasteiger charge is -2.25. The SMILES string of the molecule is CCC(CC)CN(CC)C(=O)c1cccc(F)n1. The van der Waals surface area contributed by atoms with Crippen molar-refractivity contribution in [1.29, 1.82) is 0 Å². The number of carbonyl (C=O) groups excluding carboxylic acids is 1. The first-order valence-corrected chi connectivity index (χ1v) is 6.54. The zero-order valence-corrected chi connectivity index (χ0v) is 11.3. The fourth-order valence-corrected chi connectivity index (χ4v) is 1.90. The third-order valence-electron chi connectivity index (χ3n) is 3.24. The monoisotopic (exact) mass is 252 g/mol. The van der Waals surface area contributed by atoms with E-state index in [1.54, 1.807) is 11.0 Å². The lowest BCUT2D eigenvalue weighted by Crippen LogP contribution is -2.35. The molecule has 0 aliphatic rings. The van der Waals surface area contributed by atoms with Crippen LogP contribution in [0.5, 0.6) is 0 Å². The summed E-state index contributed by atoms with van der Waals surface area (Å²) in [4.78, 5) is 17.6. The van der Waals surface area contributed by atoms with E-state index < -0.39 is 5.95 Å². The van der Waals surface area contributed by atoms with Gasteiger partial charge in [0, 0.05) is 13.1 Å². The molecule has 1 aromatic rings. The predicted molar refractivity (Wildman–Crippen MR) is 69.8 cm³/mol. The Hall–Kier alpha value is -1.45. The first-order chi connectivity index (χ1) is 8.62. The highest BCUT2D eigenvalue weighted by Gasteiger charge is 2.18. The van der Waals surface area contributed by atoms with Gasteiger partial charge in [-0.1, -0.05) is 32.8 Å². The van der Waals surface area contributed by atoms with E-state index >= 15 is 0 Å². The summed E-state index contributed by atoms with van der Waals surface area (Å²) in [6.07, 6.45) is 2.08. The fraction of sp³-hybridized carbons (Fsp3) is 0.571. The molecule has 0 bridgehead atoms. The van der Waals surface area contributed by atoms with E-state index in [4.69, 9.17) is 0 Å². The Balaban J connectivity index is 2.79. The number of rotatable bonds is 6. The molecule has 0 unspecified atom stereocenters. The molecular formula is C14H21FN2O. The summed E-state index contributed by atoms with van der Waals surface area (Å²) in [5.74, 6) is -0.314. The van der Waals surface area contributed by atoms with Crippen molar-refractivity contribution in [3.05, 3.63) is 29.8 Å². The molecule has 1 rings (SSSR count). The van der Waals surface area contributed by atoms with Crippen LogP contribution in [0.3, 0.4) is 0 Å². The summed E-state index contributed by atoms with van der Waals surface area (Å²) in [6, 6.07) is 4.31. The Kier molecular flexibility index (Phi) is 5.75. The quantitative estimate of drug-likeness (QED) is 0.729. The number of hydrogen-bond donors (Lipinski definition) is 0. The van der Waals surface area contributed by atoms with Crippen molar-refractivity contribution in [2.45, 2.75) is 33.6 Å². The number of halogens is 1. The van der Waals surface area contributed by atoms with Crippen molar-refractivity contribution < 1.29 is 9.18 Å². The Labute approximate surface area is 108 Å². The van der Waals surface area contributed by atoms with Gasteiger partial charge in [0.25, 0.3) is 5.91 Å². The molecule has 0 aliphatic carbocycles.